The molecular formula is C28H30O8. The summed E-state index contributed by atoms with van der Waals surface area (Å²) >= 11 is 0. The van der Waals surface area contributed by atoms with E-state index in [1.165, 1.54) is 12.1 Å². The predicted octanol–water partition coefficient (Wildman–Crippen LogP) is 3.43. The summed E-state index contributed by atoms with van der Waals surface area (Å²) in [5.74, 6) is -4.56. The van der Waals surface area contributed by atoms with Crippen LogP contribution in [0.5, 0.6) is 11.5 Å². The molecule has 36 heavy (non-hydrogen) atoms. The summed E-state index contributed by atoms with van der Waals surface area (Å²) in [6.07, 6.45) is 1.16. The first kappa shape index (κ1) is 24.5. The number of esters is 2. The van der Waals surface area contributed by atoms with Crippen molar-refractivity contribution in [2.24, 2.45) is 32.5 Å². The number of carbonyl (C=O) groups excluding carboxylic acids is 6. The average molecular weight is 495 g/mol. The Balaban J connectivity index is 1.47. The number of Topliss-reactive ketones (excluding diaryl/α,β-unsaturated/α-hetero) is 4. The third-order valence-electron chi connectivity index (χ3n) is 11.0. The van der Waals surface area contributed by atoms with Crippen molar-refractivity contribution in [3.05, 3.63) is 24.3 Å². The Bertz CT molecular complexity index is 1210. The quantitative estimate of drug-likeness (QED) is 0.270. The lowest BCUT2D eigenvalue weighted by Crippen LogP contribution is -2.47. The maximum Gasteiger partial charge on any atom is 0.326 e. The molecule has 0 saturated heterocycles. The monoisotopic (exact) mass is 494 g/mol. The van der Waals surface area contributed by atoms with Gasteiger partial charge in [-0.15, -0.1) is 0 Å². The lowest BCUT2D eigenvalue weighted by Gasteiger charge is -2.37. The molecule has 1 aromatic carbocycles. The second-order valence-electron chi connectivity index (χ2n) is 12.3. The first-order valence-corrected chi connectivity index (χ1v) is 12.3. The van der Waals surface area contributed by atoms with Crippen LogP contribution in [0.15, 0.2) is 24.3 Å². The van der Waals surface area contributed by atoms with Gasteiger partial charge in [-0.3, -0.25) is 28.8 Å². The van der Waals surface area contributed by atoms with Gasteiger partial charge in [-0.2, -0.15) is 0 Å². The van der Waals surface area contributed by atoms with E-state index in [2.05, 4.69) is 0 Å². The maximum atomic E-state index is 13.5. The van der Waals surface area contributed by atoms with Crippen LogP contribution >= 0.6 is 0 Å². The molecule has 190 valence electrons. The van der Waals surface area contributed by atoms with Gasteiger partial charge in [0.1, 0.15) is 10.8 Å². The number of fused-ring (bicyclic) bond motifs is 4. The van der Waals surface area contributed by atoms with Crippen LogP contribution in [0.2, 0.25) is 0 Å². The van der Waals surface area contributed by atoms with Gasteiger partial charge in [0.2, 0.25) is 23.1 Å². The molecule has 8 nitrogen and oxygen atoms in total. The summed E-state index contributed by atoms with van der Waals surface area (Å²) < 4.78 is 11.3. The van der Waals surface area contributed by atoms with Gasteiger partial charge in [-0.25, -0.2) is 0 Å². The maximum absolute atomic E-state index is 13.5. The lowest BCUT2D eigenvalue weighted by atomic mass is 9.65. The molecule has 4 saturated carbocycles. The van der Waals surface area contributed by atoms with Gasteiger partial charge in [0.15, 0.2) is 11.5 Å². The number of hydrogen-bond acceptors (Lipinski definition) is 8. The van der Waals surface area contributed by atoms with E-state index in [1.807, 2.05) is 0 Å². The number of hydrogen-bond donors (Lipinski definition) is 0. The molecule has 4 aliphatic carbocycles. The topological polar surface area (TPSA) is 121 Å². The van der Waals surface area contributed by atoms with Crippen molar-refractivity contribution in [3.8, 4) is 11.5 Å². The van der Waals surface area contributed by atoms with E-state index >= 15 is 0 Å². The van der Waals surface area contributed by atoms with Gasteiger partial charge < -0.3 is 9.47 Å². The molecular weight excluding hydrogens is 464 g/mol. The Morgan fingerprint density at radius 3 is 1.19 bits per heavy atom. The van der Waals surface area contributed by atoms with Crippen LogP contribution in [0.1, 0.15) is 67.2 Å². The first-order chi connectivity index (χ1) is 16.6. The third-order valence-corrected chi connectivity index (χ3v) is 11.0. The summed E-state index contributed by atoms with van der Waals surface area (Å²) in [6, 6.07) is 5.98. The normalized spacial score (nSPS) is 37.5. The van der Waals surface area contributed by atoms with Gasteiger partial charge in [0.25, 0.3) is 0 Å². The minimum Gasteiger partial charge on any atom is -0.422 e. The van der Waals surface area contributed by atoms with E-state index in [-0.39, 0.29) is 24.3 Å². The van der Waals surface area contributed by atoms with Gasteiger partial charge in [0.05, 0.1) is 0 Å². The highest BCUT2D eigenvalue weighted by molar-refractivity contribution is 6.49. The zero-order chi connectivity index (χ0) is 26.7. The van der Waals surface area contributed by atoms with Crippen molar-refractivity contribution in [1.82, 2.24) is 0 Å². The molecule has 4 aliphatic rings. The number of ether oxygens (including phenoxy) is 2. The van der Waals surface area contributed by atoms with E-state index in [4.69, 9.17) is 9.47 Å². The fraction of sp³-hybridized carbons (Fsp3) is 0.571. The van der Waals surface area contributed by atoms with Gasteiger partial charge in [-0.05, 0) is 37.8 Å². The summed E-state index contributed by atoms with van der Waals surface area (Å²) in [5, 5.41) is 0. The molecule has 4 unspecified atom stereocenters. The van der Waals surface area contributed by atoms with Crippen LogP contribution in [0.3, 0.4) is 0 Å². The number of benzene rings is 1. The van der Waals surface area contributed by atoms with E-state index in [9.17, 15) is 28.8 Å². The molecule has 8 heteroatoms. The Morgan fingerprint density at radius 1 is 0.583 bits per heavy atom. The molecule has 4 bridgehead atoms. The Kier molecular flexibility index (Phi) is 4.62. The highest BCUT2D eigenvalue weighted by Crippen LogP contribution is 2.70. The van der Waals surface area contributed by atoms with Crippen molar-refractivity contribution in [2.45, 2.75) is 67.2 Å². The van der Waals surface area contributed by atoms with Gasteiger partial charge >= 0.3 is 11.9 Å². The molecule has 4 fully saturated rings. The Morgan fingerprint density at radius 2 is 0.917 bits per heavy atom. The SMILES string of the molecule is CC12CCC(C(=O)Oc3ccccc3OC(=O)C34CCC(C)(C(=O)C3=O)C4(C)C)(C(=O)C1=O)C2(C)C. The summed E-state index contributed by atoms with van der Waals surface area (Å²) in [5.41, 5.74) is -7.07. The van der Waals surface area contributed by atoms with Crippen LogP contribution in [0.25, 0.3) is 0 Å². The van der Waals surface area contributed by atoms with E-state index in [0.29, 0.717) is 12.8 Å². The molecule has 0 heterocycles. The molecule has 0 N–H and O–H groups in total. The summed E-state index contributed by atoms with van der Waals surface area (Å²) in [4.78, 5) is 78.6. The highest BCUT2D eigenvalue weighted by atomic mass is 16.6. The predicted molar refractivity (Wildman–Crippen MR) is 125 cm³/mol. The number of ketones is 4. The first-order valence-electron chi connectivity index (χ1n) is 12.3. The Labute approximate surface area is 209 Å². The largest absolute Gasteiger partial charge is 0.422 e. The molecule has 0 spiro atoms. The van der Waals surface area contributed by atoms with E-state index < -0.39 is 67.6 Å². The zero-order valence-electron chi connectivity index (χ0n) is 21.4. The van der Waals surface area contributed by atoms with Crippen LogP contribution in [0, 0.1) is 32.5 Å². The molecule has 0 aromatic heterocycles. The van der Waals surface area contributed by atoms with Crippen molar-refractivity contribution in [2.75, 3.05) is 0 Å². The third kappa shape index (κ3) is 2.28. The van der Waals surface area contributed by atoms with Crippen LogP contribution in [-0.4, -0.2) is 35.1 Å². The standard InChI is InChI=1S/C28H30O8/c1-23(2)25(5)11-13-27(23,19(31)17(25)29)21(33)35-15-9-7-8-10-16(15)36-22(34)28-14-12-26(6,24(28,3)4)18(30)20(28)32/h7-10H,11-14H2,1-6H3. The van der Waals surface area contributed by atoms with Crippen molar-refractivity contribution < 1.29 is 38.2 Å². The minimum atomic E-state index is -1.63. The second kappa shape index (κ2) is 6.78. The highest BCUT2D eigenvalue weighted by Gasteiger charge is 2.80. The number of rotatable bonds is 4. The molecule has 0 aliphatic heterocycles. The molecule has 0 amide bonds. The number of carbonyl (C=O) groups is 6. The van der Waals surface area contributed by atoms with Crippen molar-refractivity contribution in [3.63, 3.8) is 0 Å². The van der Waals surface area contributed by atoms with Gasteiger partial charge in [-0.1, -0.05) is 53.7 Å². The minimum absolute atomic E-state index is 0.103. The summed E-state index contributed by atoms with van der Waals surface area (Å²) in [7, 11) is 0. The van der Waals surface area contributed by atoms with E-state index in [1.54, 1.807) is 53.7 Å². The zero-order valence-corrected chi connectivity index (χ0v) is 21.4. The van der Waals surface area contributed by atoms with Crippen molar-refractivity contribution >= 4 is 35.1 Å². The fourth-order valence-electron chi connectivity index (χ4n) is 7.44. The lowest BCUT2D eigenvalue weighted by molar-refractivity contribution is -0.160. The Hall–Kier alpha value is -3.16. The molecule has 0 radical (unpaired) electrons. The average Bonchev–Trinajstić information content (AvgIpc) is 3.25. The van der Waals surface area contributed by atoms with E-state index in [0.717, 1.165) is 0 Å². The number of para-hydroxylation sites is 2. The second-order valence-corrected chi connectivity index (χ2v) is 12.3. The fourth-order valence-corrected chi connectivity index (χ4v) is 7.44. The van der Waals surface area contributed by atoms with Crippen molar-refractivity contribution in [1.29, 1.82) is 0 Å². The summed E-state index contributed by atoms with van der Waals surface area (Å²) in [6.45, 7) is 10.4. The molecule has 5 rings (SSSR count). The van der Waals surface area contributed by atoms with Crippen LogP contribution in [-0.2, 0) is 28.8 Å². The van der Waals surface area contributed by atoms with Gasteiger partial charge in [0, 0.05) is 21.7 Å². The van der Waals surface area contributed by atoms with Crippen LogP contribution in [0.4, 0.5) is 0 Å². The smallest absolute Gasteiger partial charge is 0.326 e. The molecule has 4 atom stereocenters. The van der Waals surface area contributed by atoms with Crippen LogP contribution < -0.4 is 9.47 Å². The molecule has 1 aromatic rings.